The van der Waals surface area contributed by atoms with Gasteiger partial charge in [0.25, 0.3) is 0 Å². The van der Waals surface area contributed by atoms with E-state index in [9.17, 15) is 27.2 Å². The van der Waals surface area contributed by atoms with Crippen LogP contribution in [0.25, 0.3) is 0 Å². The number of alkyl halides is 4. The van der Waals surface area contributed by atoms with Crippen molar-refractivity contribution in [2.75, 3.05) is 5.32 Å². The Balaban J connectivity index is 2.00. The molecule has 0 bridgehead atoms. The van der Waals surface area contributed by atoms with Gasteiger partial charge in [0.2, 0.25) is 5.91 Å². The van der Waals surface area contributed by atoms with Gasteiger partial charge in [-0.1, -0.05) is 6.07 Å². The summed E-state index contributed by atoms with van der Waals surface area (Å²) in [7, 11) is 0. The predicted molar refractivity (Wildman–Crippen MR) is 65.9 cm³/mol. The first-order chi connectivity index (χ1) is 10.2. The van der Waals surface area contributed by atoms with E-state index in [1.54, 1.807) is 0 Å². The summed E-state index contributed by atoms with van der Waals surface area (Å²) in [4.78, 5) is 22.4. The quantitative estimate of drug-likeness (QED) is 0.790. The molecule has 2 rings (SSSR count). The predicted octanol–water partition coefficient (Wildman–Crippen LogP) is 2.58. The van der Waals surface area contributed by atoms with Crippen molar-refractivity contribution < 1.29 is 37.0 Å². The minimum atomic E-state index is -4.65. The molecular formula is C13H11F4NO4. The summed E-state index contributed by atoms with van der Waals surface area (Å²) in [5.41, 5.74) is 0.0450. The van der Waals surface area contributed by atoms with Crippen LogP contribution in [-0.4, -0.2) is 29.5 Å². The number of anilines is 1. The van der Waals surface area contributed by atoms with E-state index in [0.29, 0.717) is 0 Å². The second-order valence-electron chi connectivity index (χ2n) is 4.77. The zero-order valence-electron chi connectivity index (χ0n) is 10.9. The smallest absolute Gasteiger partial charge is 0.461 e. The van der Waals surface area contributed by atoms with Crippen LogP contribution in [0, 0.1) is 11.8 Å². The van der Waals surface area contributed by atoms with Gasteiger partial charge in [-0.05, 0) is 18.6 Å². The zero-order chi connectivity index (χ0) is 16.5. The largest absolute Gasteiger partial charge is 0.481 e. The van der Waals surface area contributed by atoms with Crippen molar-refractivity contribution in [1.82, 2.24) is 0 Å². The average Bonchev–Trinajstić information content (AvgIpc) is 3.18. The number of carbonyl (C=O) groups excluding carboxylic acids is 1. The maximum absolute atomic E-state index is 12.8. The van der Waals surface area contributed by atoms with Crippen molar-refractivity contribution in [1.29, 1.82) is 0 Å². The second kappa shape index (κ2) is 5.82. The Kier molecular flexibility index (Phi) is 4.25. The molecule has 0 heterocycles. The number of halogens is 4. The van der Waals surface area contributed by atoms with Gasteiger partial charge in [-0.3, -0.25) is 9.59 Å². The van der Waals surface area contributed by atoms with Gasteiger partial charge in [-0.2, -0.15) is 17.6 Å². The van der Waals surface area contributed by atoms with Gasteiger partial charge in [0.1, 0.15) is 5.75 Å². The second-order valence-corrected chi connectivity index (χ2v) is 4.77. The van der Waals surface area contributed by atoms with E-state index in [2.05, 4.69) is 10.1 Å². The van der Waals surface area contributed by atoms with Crippen LogP contribution in [0.4, 0.5) is 23.2 Å². The van der Waals surface area contributed by atoms with Gasteiger partial charge in [0.15, 0.2) is 0 Å². The number of aliphatic carboxylic acids is 1. The summed E-state index contributed by atoms with van der Waals surface area (Å²) in [6.45, 7) is 0. The highest BCUT2D eigenvalue weighted by Gasteiger charge is 2.48. The number of nitrogens with one attached hydrogen (secondary N) is 1. The lowest BCUT2D eigenvalue weighted by atomic mass is 10.2. The Hall–Kier alpha value is -2.32. The maximum atomic E-state index is 12.8. The third-order valence-electron chi connectivity index (χ3n) is 3.05. The first-order valence-electron chi connectivity index (χ1n) is 6.19. The van der Waals surface area contributed by atoms with Crippen LogP contribution in [0.3, 0.4) is 0 Å². The zero-order valence-corrected chi connectivity index (χ0v) is 10.9. The fraction of sp³-hybridized carbons (Fsp3) is 0.385. The van der Waals surface area contributed by atoms with E-state index in [1.165, 1.54) is 12.1 Å². The van der Waals surface area contributed by atoms with Gasteiger partial charge >= 0.3 is 18.5 Å². The number of carboxylic acid groups (broad SMARTS) is 1. The molecule has 0 spiro atoms. The van der Waals surface area contributed by atoms with Crippen molar-refractivity contribution >= 4 is 17.6 Å². The molecule has 0 aromatic heterocycles. The van der Waals surface area contributed by atoms with Crippen LogP contribution in [-0.2, 0) is 9.59 Å². The lowest BCUT2D eigenvalue weighted by Gasteiger charge is -2.17. The maximum Gasteiger partial charge on any atom is 0.461 e. The molecule has 1 aromatic carbocycles. The number of hydrogen-bond donors (Lipinski definition) is 2. The molecule has 1 aromatic rings. The van der Waals surface area contributed by atoms with Gasteiger partial charge < -0.3 is 15.2 Å². The SMILES string of the molecule is O=C(O)[C@H]1C[C@H]1C(=O)Nc1cccc(OC(F)(F)C(F)F)c1. The van der Waals surface area contributed by atoms with Crippen LogP contribution < -0.4 is 10.1 Å². The minimum absolute atomic E-state index is 0.0450. The van der Waals surface area contributed by atoms with Crippen molar-refractivity contribution in [2.45, 2.75) is 19.0 Å². The molecule has 1 aliphatic carbocycles. The first kappa shape index (κ1) is 16.1. The summed E-state index contributed by atoms with van der Waals surface area (Å²) >= 11 is 0. The molecule has 0 aliphatic heterocycles. The Labute approximate surface area is 121 Å². The van der Waals surface area contributed by atoms with Gasteiger partial charge in [-0.15, -0.1) is 0 Å². The number of carboxylic acids is 1. The number of hydrogen-bond acceptors (Lipinski definition) is 3. The monoisotopic (exact) mass is 321 g/mol. The van der Waals surface area contributed by atoms with Gasteiger partial charge in [-0.25, -0.2) is 0 Å². The van der Waals surface area contributed by atoms with Crippen molar-refractivity contribution in [2.24, 2.45) is 11.8 Å². The minimum Gasteiger partial charge on any atom is -0.481 e. The normalized spacial score (nSPS) is 20.6. The molecule has 1 fully saturated rings. The van der Waals surface area contributed by atoms with Crippen LogP contribution in [0.1, 0.15) is 6.42 Å². The number of amides is 1. The fourth-order valence-corrected chi connectivity index (χ4v) is 1.83. The molecule has 0 saturated heterocycles. The number of ether oxygens (including phenoxy) is 1. The molecule has 120 valence electrons. The Bertz CT molecular complexity index is 593. The number of benzene rings is 1. The third-order valence-corrected chi connectivity index (χ3v) is 3.05. The summed E-state index contributed by atoms with van der Waals surface area (Å²) in [6.07, 6.45) is -8.44. The molecule has 9 heteroatoms. The standard InChI is InChI=1S/C13H11F4NO4/c14-12(15)13(16,17)22-7-3-1-2-6(4-7)18-10(19)8-5-9(8)11(20)21/h1-4,8-9,12H,5H2,(H,18,19)(H,20,21)/t8-,9+/m1/s1. The van der Waals surface area contributed by atoms with Crippen LogP contribution in [0.2, 0.25) is 0 Å². The van der Waals surface area contributed by atoms with Crippen LogP contribution >= 0.6 is 0 Å². The van der Waals surface area contributed by atoms with E-state index in [1.807, 2.05) is 0 Å². The first-order valence-corrected chi connectivity index (χ1v) is 6.19. The number of carbonyl (C=O) groups is 2. The topological polar surface area (TPSA) is 75.6 Å². The van der Waals surface area contributed by atoms with E-state index in [-0.39, 0.29) is 12.1 Å². The van der Waals surface area contributed by atoms with E-state index >= 15 is 0 Å². The molecular weight excluding hydrogens is 310 g/mol. The molecule has 1 saturated carbocycles. The fourth-order valence-electron chi connectivity index (χ4n) is 1.83. The molecule has 22 heavy (non-hydrogen) atoms. The Morgan fingerprint density at radius 3 is 2.55 bits per heavy atom. The van der Waals surface area contributed by atoms with Gasteiger partial charge in [0, 0.05) is 11.8 Å². The Morgan fingerprint density at radius 2 is 2.00 bits per heavy atom. The lowest BCUT2D eigenvalue weighted by Crippen LogP contribution is -2.33. The molecule has 1 aliphatic rings. The van der Waals surface area contributed by atoms with Crippen LogP contribution in [0.15, 0.2) is 24.3 Å². The number of rotatable bonds is 6. The van der Waals surface area contributed by atoms with Crippen LogP contribution in [0.5, 0.6) is 5.75 Å². The molecule has 5 nitrogen and oxygen atoms in total. The highest BCUT2D eigenvalue weighted by molar-refractivity contribution is 5.98. The van der Waals surface area contributed by atoms with Crippen molar-refractivity contribution in [3.8, 4) is 5.75 Å². The summed E-state index contributed by atoms with van der Waals surface area (Å²) in [5.74, 6) is -3.67. The highest BCUT2D eigenvalue weighted by atomic mass is 19.3. The molecule has 2 atom stereocenters. The molecule has 0 unspecified atom stereocenters. The summed E-state index contributed by atoms with van der Waals surface area (Å²) < 4.78 is 53.5. The summed E-state index contributed by atoms with van der Waals surface area (Å²) in [6, 6.07) is 4.55. The highest BCUT2D eigenvalue weighted by Crippen LogP contribution is 2.39. The van der Waals surface area contributed by atoms with Crippen molar-refractivity contribution in [3.63, 3.8) is 0 Å². The molecule has 2 N–H and O–H groups in total. The molecule has 0 radical (unpaired) electrons. The summed E-state index contributed by atoms with van der Waals surface area (Å²) in [5, 5.41) is 11.0. The van der Waals surface area contributed by atoms with E-state index in [4.69, 9.17) is 5.11 Å². The van der Waals surface area contributed by atoms with Gasteiger partial charge in [0.05, 0.1) is 11.8 Å². The lowest BCUT2D eigenvalue weighted by molar-refractivity contribution is -0.253. The third kappa shape index (κ3) is 3.66. The van der Waals surface area contributed by atoms with Crippen molar-refractivity contribution in [3.05, 3.63) is 24.3 Å². The van der Waals surface area contributed by atoms with E-state index < -0.39 is 42.0 Å². The average molecular weight is 321 g/mol. The Morgan fingerprint density at radius 1 is 1.32 bits per heavy atom. The van der Waals surface area contributed by atoms with E-state index in [0.717, 1.165) is 12.1 Å². The molecule has 1 amide bonds.